The molecule has 0 unspecified atom stereocenters. The molecule has 1 aromatic carbocycles. The maximum Gasteiger partial charge on any atom is 0.243 e. The zero-order valence-electron chi connectivity index (χ0n) is 11.6. The zero-order chi connectivity index (χ0) is 14.4. The van der Waals surface area contributed by atoms with Gasteiger partial charge in [-0.3, -0.25) is 0 Å². The summed E-state index contributed by atoms with van der Waals surface area (Å²) in [6.07, 6.45) is 4.81. The smallest absolute Gasteiger partial charge is 0.243 e. The molecule has 0 amide bonds. The van der Waals surface area contributed by atoms with E-state index in [1.54, 1.807) is 16.4 Å². The van der Waals surface area contributed by atoms with Crippen LogP contribution in [0.5, 0.6) is 0 Å². The summed E-state index contributed by atoms with van der Waals surface area (Å²) < 4.78 is 26.7. The SMILES string of the molecule is NOCCc1ccc(S(=O)(=O)N2CCCCCC2)cc1. The largest absolute Gasteiger partial charge is 0.304 e. The normalized spacial score (nSPS) is 17.9. The number of nitrogens with two attached hydrogens (primary N) is 1. The molecule has 1 aromatic rings. The summed E-state index contributed by atoms with van der Waals surface area (Å²) in [6.45, 7) is 1.69. The maximum atomic E-state index is 12.5. The summed E-state index contributed by atoms with van der Waals surface area (Å²) in [6, 6.07) is 6.99. The van der Waals surface area contributed by atoms with E-state index in [1.807, 2.05) is 12.1 Å². The molecule has 5 nitrogen and oxygen atoms in total. The lowest BCUT2D eigenvalue weighted by Gasteiger charge is -2.20. The van der Waals surface area contributed by atoms with Gasteiger partial charge in [0.2, 0.25) is 10.0 Å². The van der Waals surface area contributed by atoms with Crippen molar-refractivity contribution in [3.05, 3.63) is 29.8 Å². The van der Waals surface area contributed by atoms with E-state index in [0.717, 1.165) is 31.2 Å². The van der Waals surface area contributed by atoms with E-state index in [1.165, 1.54) is 0 Å². The van der Waals surface area contributed by atoms with Crippen LogP contribution in [0.15, 0.2) is 29.2 Å². The van der Waals surface area contributed by atoms with Crippen LogP contribution in [0.4, 0.5) is 0 Å². The second-order valence-electron chi connectivity index (χ2n) is 5.08. The van der Waals surface area contributed by atoms with Crippen molar-refractivity contribution in [1.82, 2.24) is 4.31 Å². The fraction of sp³-hybridized carbons (Fsp3) is 0.571. The van der Waals surface area contributed by atoms with E-state index in [2.05, 4.69) is 4.84 Å². The third-order valence-electron chi connectivity index (χ3n) is 3.63. The molecule has 0 bridgehead atoms. The van der Waals surface area contributed by atoms with Crippen LogP contribution in [-0.4, -0.2) is 32.4 Å². The van der Waals surface area contributed by atoms with E-state index in [4.69, 9.17) is 5.90 Å². The Bertz CT molecular complexity index is 506. The number of hydrogen-bond acceptors (Lipinski definition) is 4. The Morgan fingerprint density at radius 3 is 2.20 bits per heavy atom. The van der Waals surface area contributed by atoms with Gasteiger partial charge in [0.1, 0.15) is 0 Å². The Morgan fingerprint density at radius 1 is 1.05 bits per heavy atom. The monoisotopic (exact) mass is 298 g/mol. The molecule has 0 radical (unpaired) electrons. The maximum absolute atomic E-state index is 12.5. The molecule has 1 saturated heterocycles. The van der Waals surface area contributed by atoms with Gasteiger partial charge < -0.3 is 4.84 Å². The van der Waals surface area contributed by atoms with Crippen molar-refractivity contribution < 1.29 is 13.3 Å². The van der Waals surface area contributed by atoms with Crippen molar-refractivity contribution in [2.75, 3.05) is 19.7 Å². The Hall–Kier alpha value is -0.950. The van der Waals surface area contributed by atoms with Gasteiger partial charge in [-0.25, -0.2) is 14.3 Å². The van der Waals surface area contributed by atoms with E-state index in [-0.39, 0.29) is 0 Å². The minimum atomic E-state index is -3.35. The van der Waals surface area contributed by atoms with Gasteiger partial charge in [0.25, 0.3) is 0 Å². The molecule has 1 aliphatic rings. The molecule has 0 aromatic heterocycles. The Morgan fingerprint density at radius 2 is 1.65 bits per heavy atom. The fourth-order valence-corrected chi connectivity index (χ4v) is 3.95. The van der Waals surface area contributed by atoms with Crippen LogP contribution in [0.2, 0.25) is 0 Å². The van der Waals surface area contributed by atoms with Crippen molar-refractivity contribution >= 4 is 10.0 Å². The molecule has 0 atom stereocenters. The first-order valence-corrected chi connectivity index (χ1v) is 8.49. The first-order valence-electron chi connectivity index (χ1n) is 7.05. The molecule has 0 aliphatic carbocycles. The Balaban J connectivity index is 2.12. The average Bonchev–Trinajstić information content (AvgIpc) is 2.75. The third kappa shape index (κ3) is 3.79. The van der Waals surface area contributed by atoms with Gasteiger partial charge in [-0.15, -0.1) is 0 Å². The van der Waals surface area contributed by atoms with E-state index in [9.17, 15) is 8.42 Å². The van der Waals surface area contributed by atoms with Crippen LogP contribution in [-0.2, 0) is 21.3 Å². The highest BCUT2D eigenvalue weighted by Gasteiger charge is 2.24. The van der Waals surface area contributed by atoms with Gasteiger partial charge in [0.05, 0.1) is 11.5 Å². The second-order valence-corrected chi connectivity index (χ2v) is 7.02. The highest BCUT2D eigenvalue weighted by Crippen LogP contribution is 2.20. The number of rotatable bonds is 5. The van der Waals surface area contributed by atoms with Gasteiger partial charge in [0, 0.05) is 13.1 Å². The van der Waals surface area contributed by atoms with Crippen molar-refractivity contribution in [3.8, 4) is 0 Å². The van der Waals surface area contributed by atoms with E-state index < -0.39 is 10.0 Å². The van der Waals surface area contributed by atoms with E-state index in [0.29, 0.717) is 31.0 Å². The molecule has 0 spiro atoms. The van der Waals surface area contributed by atoms with Gasteiger partial charge in [-0.2, -0.15) is 4.31 Å². The number of hydrogen-bond donors (Lipinski definition) is 1. The number of nitrogens with zero attached hydrogens (tertiary/aromatic N) is 1. The molecular weight excluding hydrogens is 276 g/mol. The minimum Gasteiger partial charge on any atom is -0.304 e. The molecular formula is C14H22N2O3S. The Kier molecular flexibility index (Phi) is 5.54. The molecule has 2 N–H and O–H groups in total. The van der Waals surface area contributed by atoms with Crippen molar-refractivity contribution in [2.24, 2.45) is 5.90 Å². The lowest BCUT2D eigenvalue weighted by Crippen LogP contribution is -2.31. The van der Waals surface area contributed by atoms with Crippen LogP contribution >= 0.6 is 0 Å². The first kappa shape index (κ1) is 15.4. The number of benzene rings is 1. The van der Waals surface area contributed by atoms with Crippen LogP contribution in [0.25, 0.3) is 0 Å². The van der Waals surface area contributed by atoms with Crippen molar-refractivity contribution in [3.63, 3.8) is 0 Å². The van der Waals surface area contributed by atoms with Gasteiger partial charge in [0.15, 0.2) is 0 Å². The summed E-state index contributed by atoms with van der Waals surface area (Å²) >= 11 is 0. The second kappa shape index (κ2) is 7.17. The molecule has 6 heteroatoms. The predicted octanol–water partition coefficient (Wildman–Crippen LogP) is 1.68. The van der Waals surface area contributed by atoms with Gasteiger partial charge in [-0.05, 0) is 37.0 Å². The predicted molar refractivity (Wildman–Crippen MR) is 77.5 cm³/mol. The standard InChI is InChI=1S/C14H22N2O3S/c15-19-12-9-13-5-7-14(8-6-13)20(17,18)16-10-3-1-2-4-11-16/h5-8H,1-4,9-12,15H2. The highest BCUT2D eigenvalue weighted by atomic mass is 32.2. The summed E-state index contributed by atoms with van der Waals surface area (Å²) in [5.41, 5.74) is 1.02. The van der Waals surface area contributed by atoms with Crippen molar-refractivity contribution in [2.45, 2.75) is 37.0 Å². The van der Waals surface area contributed by atoms with Gasteiger partial charge in [-0.1, -0.05) is 25.0 Å². The molecule has 20 heavy (non-hydrogen) atoms. The quantitative estimate of drug-likeness (QED) is 0.840. The lowest BCUT2D eigenvalue weighted by atomic mass is 10.2. The third-order valence-corrected chi connectivity index (χ3v) is 5.55. The molecule has 2 rings (SSSR count). The van der Waals surface area contributed by atoms with Crippen LogP contribution in [0.3, 0.4) is 0 Å². The minimum absolute atomic E-state index is 0.372. The Labute approximate surface area is 120 Å². The molecule has 1 fully saturated rings. The van der Waals surface area contributed by atoms with Crippen molar-refractivity contribution in [1.29, 1.82) is 0 Å². The summed E-state index contributed by atoms with van der Waals surface area (Å²) in [4.78, 5) is 4.90. The van der Waals surface area contributed by atoms with Crippen LogP contribution < -0.4 is 5.90 Å². The average molecular weight is 298 g/mol. The molecule has 1 aliphatic heterocycles. The lowest BCUT2D eigenvalue weighted by molar-refractivity contribution is 0.141. The van der Waals surface area contributed by atoms with Gasteiger partial charge >= 0.3 is 0 Å². The summed E-state index contributed by atoms with van der Waals surface area (Å²) in [5, 5.41) is 0. The van der Waals surface area contributed by atoms with Crippen LogP contribution in [0, 0.1) is 0 Å². The summed E-state index contributed by atoms with van der Waals surface area (Å²) in [5.74, 6) is 4.99. The van der Waals surface area contributed by atoms with Crippen LogP contribution in [0.1, 0.15) is 31.2 Å². The first-order chi connectivity index (χ1) is 9.64. The molecule has 112 valence electrons. The molecule has 1 heterocycles. The zero-order valence-corrected chi connectivity index (χ0v) is 12.4. The fourth-order valence-electron chi connectivity index (χ4n) is 2.44. The molecule has 0 saturated carbocycles. The summed E-state index contributed by atoms with van der Waals surface area (Å²) in [7, 11) is -3.35. The topological polar surface area (TPSA) is 72.6 Å². The number of sulfonamides is 1. The highest BCUT2D eigenvalue weighted by molar-refractivity contribution is 7.89. The van der Waals surface area contributed by atoms with E-state index >= 15 is 0 Å².